The predicted octanol–water partition coefficient (Wildman–Crippen LogP) is -7.03. The second kappa shape index (κ2) is 34.2. The fraction of sp³-hybridized carbons (Fsp3) is 0.944. The summed E-state index contributed by atoms with van der Waals surface area (Å²) in [6, 6.07) is 0. The molecule has 26 heavy (non-hydrogen) atoms. The fourth-order valence-electron chi connectivity index (χ4n) is 2.64. The van der Waals surface area contributed by atoms with Crippen molar-refractivity contribution in [3.63, 3.8) is 0 Å². The van der Waals surface area contributed by atoms with Crippen molar-refractivity contribution in [2.45, 2.75) is 86.0 Å². The van der Waals surface area contributed by atoms with Crippen molar-refractivity contribution < 1.29 is 79.0 Å². The van der Waals surface area contributed by atoms with E-state index in [0.29, 0.717) is 0 Å². The van der Waals surface area contributed by atoms with Crippen LogP contribution in [0.25, 0.3) is 0 Å². The number of carbonyl (C=O) groups excluding carboxylic acids is 1. The van der Waals surface area contributed by atoms with E-state index in [1.807, 2.05) is 0 Å². The van der Waals surface area contributed by atoms with E-state index >= 15 is 0 Å². The molecule has 164 valence electrons. The normalized spacial score (nSPS) is 8.81. The van der Waals surface area contributed by atoms with Gasteiger partial charge in [-0.1, -0.05) is 53.4 Å². The van der Waals surface area contributed by atoms with Crippen LogP contribution in [-0.4, -0.2) is 30.6 Å². The van der Waals surface area contributed by atoms with Gasteiger partial charge in [0.05, 0.1) is 24.6 Å². The van der Waals surface area contributed by atoms with Gasteiger partial charge in [-0.15, -0.1) is 0 Å². The van der Waals surface area contributed by atoms with Crippen LogP contribution in [0.4, 0.5) is 0 Å². The van der Waals surface area contributed by atoms with Gasteiger partial charge in [-0.25, -0.2) is 0 Å². The van der Waals surface area contributed by atoms with Gasteiger partial charge in [0.2, 0.25) is 0 Å². The molecule has 0 aromatic carbocycles. The minimum Gasteiger partial charge on any atom is -1.00 e. The maximum atomic E-state index is 8.89. The predicted molar refractivity (Wildman–Crippen MR) is 96.7 cm³/mol. The van der Waals surface area contributed by atoms with Crippen LogP contribution in [-0.2, 0) is 24.3 Å². The molecular weight excluding hydrogens is 522 g/mol. The van der Waals surface area contributed by atoms with Gasteiger partial charge in [0.15, 0.2) is 0 Å². The molecule has 0 atom stereocenters. The molecule has 0 radical (unpaired) electrons. The molecule has 8 heteroatoms. The van der Waals surface area contributed by atoms with Crippen LogP contribution in [0, 0.1) is 0 Å². The van der Waals surface area contributed by atoms with Gasteiger partial charge in [0, 0.05) is 13.2 Å². The van der Waals surface area contributed by atoms with E-state index in [2.05, 4.69) is 27.7 Å². The summed E-state index contributed by atoms with van der Waals surface area (Å²) < 4.78 is 0. The first-order chi connectivity index (χ1) is 9.97. The maximum Gasteiger partial charge on any atom is 4.00 e. The monoisotopic (exact) mass is 560 g/mol. The molecule has 0 saturated heterocycles. The molecule has 0 aliphatic rings. The van der Waals surface area contributed by atoms with Crippen molar-refractivity contribution >= 4 is 13.2 Å². The topological polar surface area (TPSA) is 40.1 Å². The molecule has 0 aliphatic carbocycles. The third-order valence-corrected chi connectivity index (χ3v) is 9.00. The molecule has 0 aromatic heterocycles. The number of unbranched alkanes of at least 4 members (excludes halogenated alkanes) is 4. The van der Waals surface area contributed by atoms with Gasteiger partial charge in [0.25, 0.3) is 0 Å². The molecular formula is C18H39Cl4O2PRu. The average molecular weight is 561 g/mol. The van der Waals surface area contributed by atoms with Gasteiger partial charge < -0.3 is 59.5 Å². The van der Waals surface area contributed by atoms with E-state index in [0.717, 1.165) is 6.92 Å². The first-order valence-corrected chi connectivity index (χ1v) is 11.5. The van der Waals surface area contributed by atoms with Crippen molar-refractivity contribution in [1.82, 2.24) is 0 Å². The number of carbonyl (C=O) groups is 1. The van der Waals surface area contributed by atoms with Crippen molar-refractivity contribution in [2.75, 3.05) is 24.6 Å². The Bertz CT molecular complexity index is 210. The minimum atomic E-state index is -1.08. The summed E-state index contributed by atoms with van der Waals surface area (Å²) in [4.78, 5) is 8.89. The summed E-state index contributed by atoms with van der Waals surface area (Å²) in [5.41, 5.74) is 0. The Morgan fingerprint density at radius 1 is 0.654 bits per heavy atom. The third kappa shape index (κ3) is 33.3. The Morgan fingerprint density at radius 3 is 0.923 bits per heavy atom. The first kappa shape index (κ1) is 46.1. The van der Waals surface area contributed by atoms with E-state index in [1.165, 1.54) is 51.4 Å². The standard InChI is InChI=1S/C16H36P.C2H4O2.4ClH.Ru/c1-5-9-13-17(14-10-6-2,15-11-7-3)16-12-8-4;1-2(3)4;;;;;/h5-16H2,1-4H3;1H3,(H,3,4);4*1H;/q+1;;;;;;+4/p-5. The second-order valence-corrected chi connectivity index (χ2v) is 10.6. The van der Waals surface area contributed by atoms with Crippen LogP contribution >= 0.6 is 7.26 Å². The zero-order valence-corrected chi connectivity index (χ0v) is 22.8. The number of carboxylic acid groups (broad SMARTS) is 1. The van der Waals surface area contributed by atoms with E-state index < -0.39 is 13.2 Å². The zero-order valence-electron chi connectivity index (χ0n) is 17.1. The van der Waals surface area contributed by atoms with E-state index in [9.17, 15) is 0 Å². The summed E-state index contributed by atoms with van der Waals surface area (Å²) in [5.74, 6) is -1.08. The SMILES string of the molecule is CC(=O)[O-].CCCC[P+](CCCC)(CCCC)CCCC.[Cl-].[Cl-].[Cl-].[Cl-].[Ru+4]. The Morgan fingerprint density at radius 2 is 0.808 bits per heavy atom. The van der Waals surface area contributed by atoms with Crippen molar-refractivity contribution in [1.29, 1.82) is 0 Å². The Hall–Kier alpha value is 1.68. The molecule has 0 aromatic rings. The van der Waals surface area contributed by atoms with Crippen LogP contribution in [0.15, 0.2) is 0 Å². The second-order valence-electron chi connectivity index (χ2n) is 6.14. The van der Waals surface area contributed by atoms with Gasteiger partial charge >= 0.3 is 19.5 Å². The van der Waals surface area contributed by atoms with E-state index in [-0.39, 0.29) is 69.1 Å². The van der Waals surface area contributed by atoms with Crippen molar-refractivity contribution in [3.05, 3.63) is 0 Å². The maximum absolute atomic E-state index is 8.89. The fourth-order valence-corrected chi connectivity index (χ4v) is 7.93. The number of rotatable bonds is 12. The smallest absolute Gasteiger partial charge is 1.00 e. The van der Waals surface area contributed by atoms with Gasteiger partial charge in [-0.2, -0.15) is 0 Å². The van der Waals surface area contributed by atoms with E-state index in [1.54, 1.807) is 24.6 Å². The molecule has 0 amide bonds. The minimum absolute atomic E-state index is 0. The van der Waals surface area contributed by atoms with Gasteiger partial charge in [-0.3, -0.25) is 0 Å². The molecule has 0 rings (SSSR count). The zero-order chi connectivity index (χ0) is 16.6. The number of hydrogen-bond acceptors (Lipinski definition) is 2. The molecule has 2 nitrogen and oxygen atoms in total. The number of hydrogen-bond donors (Lipinski definition) is 0. The molecule has 0 aliphatic heterocycles. The van der Waals surface area contributed by atoms with Gasteiger partial charge in [0.1, 0.15) is 0 Å². The Kier molecular flexibility index (Phi) is 60.6. The van der Waals surface area contributed by atoms with Crippen LogP contribution < -0.4 is 54.7 Å². The molecule has 0 bridgehead atoms. The summed E-state index contributed by atoms with van der Waals surface area (Å²) in [6.45, 7) is 10.4. The van der Waals surface area contributed by atoms with Crippen LogP contribution in [0.3, 0.4) is 0 Å². The molecule has 0 spiro atoms. The molecule has 0 fully saturated rings. The molecule has 0 saturated carbocycles. The number of aliphatic carboxylic acids is 1. The third-order valence-electron chi connectivity index (χ3n) is 3.94. The number of carboxylic acids is 1. The summed E-state index contributed by atoms with van der Waals surface area (Å²) >= 11 is 0. The molecule has 0 unspecified atom stereocenters. The van der Waals surface area contributed by atoms with Crippen LogP contribution in [0.2, 0.25) is 0 Å². The number of halogens is 4. The van der Waals surface area contributed by atoms with Gasteiger partial charge in [-0.05, 0) is 32.6 Å². The summed E-state index contributed by atoms with van der Waals surface area (Å²) in [6.07, 6.45) is 17.9. The molecule has 0 N–H and O–H groups in total. The Labute approximate surface area is 201 Å². The first-order valence-electron chi connectivity index (χ1n) is 9.00. The largest absolute Gasteiger partial charge is 4.00 e. The summed E-state index contributed by atoms with van der Waals surface area (Å²) in [5, 5.41) is 8.89. The van der Waals surface area contributed by atoms with E-state index in [4.69, 9.17) is 9.90 Å². The quantitative estimate of drug-likeness (QED) is 0.176. The Balaban J connectivity index is -0.0000000727. The molecule has 0 heterocycles. The van der Waals surface area contributed by atoms with Crippen molar-refractivity contribution in [2.24, 2.45) is 0 Å². The van der Waals surface area contributed by atoms with Crippen LogP contribution in [0.5, 0.6) is 0 Å². The summed E-state index contributed by atoms with van der Waals surface area (Å²) in [7, 11) is -0.562. The average Bonchev–Trinajstić information content (AvgIpc) is 2.45. The van der Waals surface area contributed by atoms with Crippen molar-refractivity contribution in [3.8, 4) is 0 Å². The van der Waals surface area contributed by atoms with Crippen LogP contribution in [0.1, 0.15) is 86.0 Å².